The Morgan fingerprint density at radius 1 is 1.23 bits per heavy atom. The molecule has 6 heteroatoms. The Labute approximate surface area is 153 Å². The van der Waals surface area contributed by atoms with Gasteiger partial charge in [0, 0.05) is 11.6 Å². The molecule has 1 fully saturated rings. The summed E-state index contributed by atoms with van der Waals surface area (Å²) in [4.78, 5) is 24.1. The molecule has 0 unspecified atom stereocenters. The summed E-state index contributed by atoms with van der Waals surface area (Å²) in [6.07, 6.45) is 5.78. The maximum atomic E-state index is 12.5. The Bertz CT molecular complexity index is 762. The van der Waals surface area contributed by atoms with Gasteiger partial charge in [0.05, 0.1) is 25.7 Å². The summed E-state index contributed by atoms with van der Waals surface area (Å²) < 4.78 is 11.7. The van der Waals surface area contributed by atoms with Crippen LogP contribution in [0.2, 0.25) is 0 Å². The molecule has 1 N–H and O–H groups in total. The zero-order valence-electron chi connectivity index (χ0n) is 15.2. The van der Waals surface area contributed by atoms with Crippen LogP contribution in [0.1, 0.15) is 31.2 Å². The van der Waals surface area contributed by atoms with Crippen LogP contribution in [0.25, 0.3) is 10.9 Å². The molecular formula is C20H26N2O4. The van der Waals surface area contributed by atoms with Gasteiger partial charge in [-0.05, 0) is 56.3 Å². The van der Waals surface area contributed by atoms with E-state index >= 15 is 0 Å². The van der Waals surface area contributed by atoms with Crippen LogP contribution in [-0.2, 0) is 20.7 Å². The second-order valence-electron chi connectivity index (χ2n) is 6.74. The summed E-state index contributed by atoms with van der Waals surface area (Å²) in [6.45, 7) is 2.59. The second-order valence-corrected chi connectivity index (χ2v) is 6.74. The molecule has 2 aromatic rings. The van der Waals surface area contributed by atoms with Crippen molar-refractivity contribution in [1.29, 1.82) is 0 Å². The van der Waals surface area contributed by atoms with Gasteiger partial charge in [0.15, 0.2) is 0 Å². The van der Waals surface area contributed by atoms with Crippen LogP contribution in [0.3, 0.4) is 0 Å². The smallest absolute Gasteiger partial charge is 0.418 e. The topological polar surface area (TPSA) is 69.6 Å². The van der Waals surface area contributed by atoms with Crippen molar-refractivity contribution < 1.29 is 19.1 Å². The maximum Gasteiger partial charge on any atom is 0.418 e. The van der Waals surface area contributed by atoms with Crippen LogP contribution in [0.4, 0.5) is 4.79 Å². The Morgan fingerprint density at radius 2 is 2.00 bits per heavy atom. The Balaban J connectivity index is 1.61. The zero-order chi connectivity index (χ0) is 18.4. The van der Waals surface area contributed by atoms with Gasteiger partial charge in [0.1, 0.15) is 0 Å². The number of para-hydroxylation sites is 1. The minimum atomic E-state index is -0.400. The molecule has 2 heterocycles. The summed E-state index contributed by atoms with van der Waals surface area (Å²) in [5.74, 6) is 0.400. The monoisotopic (exact) mass is 358 g/mol. The van der Waals surface area contributed by atoms with E-state index in [1.54, 1.807) is 6.20 Å². The molecule has 3 rings (SSSR count). The second kappa shape index (κ2) is 8.85. The lowest BCUT2D eigenvalue weighted by atomic mass is 9.93. The number of aromatic nitrogens is 1. The van der Waals surface area contributed by atoms with E-state index in [1.165, 1.54) is 24.5 Å². The molecule has 1 aliphatic rings. The highest BCUT2D eigenvalue weighted by molar-refractivity contribution is 5.93. The Morgan fingerprint density at radius 3 is 2.77 bits per heavy atom. The average Bonchev–Trinajstić information content (AvgIpc) is 3.04. The van der Waals surface area contributed by atoms with Gasteiger partial charge in [-0.15, -0.1) is 0 Å². The first-order valence-electron chi connectivity index (χ1n) is 9.22. The molecule has 26 heavy (non-hydrogen) atoms. The van der Waals surface area contributed by atoms with Gasteiger partial charge in [-0.1, -0.05) is 18.2 Å². The van der Waals surface area contributed by atoms with E-state index in [-0.39, 0.29) is 12.4 Å². The highest BCUT2D eigenvalue weighted by Gasteiger charge is 2.17. The van der Waals surface area contributed by atoms with Gasteiger partial charge in [-0.3, -0.25) is 9.36 Å². The first-order chi connectivity index (χ1) is 12.7. The molecule has 1 aromatic heterocycles. The number of methoxy groups -OCH3 is 1. The number of ether oxygens (including phenoxy) is 2. The lowest BCUT2D eigenvalue weighted by molar-refractivity contribution is -0.139. The van der Waals surface area contributed by atoms with Crippen molar-refractivity contribution in [2.24, 2.45) is 5.92 Å². The minimum Gasteiger partial charge on any atom is -0.469 e. The van der Waals surface area contributed by atoms with E-state index in [9.17, 15) is 9.59 Å². The molecule has 1 aromatic carbocycles. The molecule has 0 bridgehead atoms. The molecule has 140 valence electrons. The number of fused-ring (bicyclic) bond motifs is 1. The number of hydrogen-bond acceptors (Lipinski definition) is 5. The number of nitrogens with zero attached hydrogens (tertiary/aromatic N) is 1. The number of carbonyl (C=O) groups excluding carboxylic acids is 2. The van der Waals surface area contributed by atoms with Crippen LogP contribution in [-0.4, -0.2) is 43.4 Å². The third-order valence-electron chi connectivity index (χ3n) is 4.99. The minimum absolute atomic E-state index is 0.132. The summed E-state index contributed by atoms with van der Waals surface area (Å²) in [6, 6.07) is 7.50. The molecule has 0 amide bonds. The fraction of sp³-hybridized carbons (Fsp3) is 0.500. The van der Waals surface area contributed by atoms with Crippen molar-refractivity contribution in [2.45, 2.75) is 32.1 Å². The summed E-state index contributed by atoms with van der Waals surface area (Å²) in [5.41, 5.74) is 1.51. The van der Waals surface area contributed by atoms with Crippen molar-refractivity contribution in [3.8, 4) is 0 Å². The molecule has 0 atom stereocenters. The SMILES string of the molecule is COC(=O)Cc1cn(C(=O)OCCCC2CCNCC2)c2ccccc12. The normalized spacial score (nSPS) is 15.1. The Kier molecular flexibility index (Phi) is 6.28. The van der Waals surface area contributed by atoms with Gasteiger partial charge in [-0.2, -0.15) is 0 Å². The van der Waals surface area contributed by atoms with Crippen molar-refractivity contribution in [3.05, 3.63) is 36.0 Å². The first kappa shape index (κ1) is 18.5. The van der Waals surface area contributed by atoms with E-state index in [0.717, 1.165) is 48.3 Å². The fourth-order valence-electron chi connectivity index (χ4n) is 3.54. The van der Waals surface area contributed by atoms with Crippen LogP contribution in [0, 0.1) is 5.92 Å². The van der Waals surface area contributed by atoms with Crippen LogP contribution >= 0.6 is 0 Å². The van der Waals surface area contributed by atoms with Crippen LogP contribution in [0.5, 0.6) is 0 Å². The molecule has 1 aliphatic heterocycles. The van der Waals surface area contributed by atoms with Crippen molar-refractivity contribution in [3.63, 3.8) is 0 Å². The van der Waals surface area contributed by atoms with Crippen molar-refractivity contribution in [1.82, 2.24) is 9.88 Å². The summed E-state index contributed by atoms with van der Waals surface area (Å²) >= 11 is 0. The predicted molar refractivity (Wildman–Crippen MR) is 99.2 cm³/mol. The molecule has 6 nitrogen and oxygen atoms in total. The van der Waals surface area contributed by atoms with Crippen molar-refractivity contribution >= 4 is 23.0 Å². The quantitative estimate of drug-likeness (QED) is 0.635. The number of carbonyl (C=O) groups is 2. The number of nitrogens with one attached hydrogen (secondary N) is 1. The van der Waals surface area contributed by atoms with Gasteiger partial charge in [0.2, 0.25) is 0 Å². The number of esters is 1. The van der Waals surface area contributed by atoms with E-state index < -0.39 is 6.09 Å². The van der Waals surface area contributed by atoms with E-state index in [1.807, 2.05) is 24.3 Å². The van der Waals surface area contributed by atoms with E-state index in [4.69, 9.17) is 9.47 Å². The zero-order valence-corrected chi connectivity index (χ0v) is 15.2. The Hall–Kier alpha value is -2.34. The highest BCUT2D eigenvalue weighted by atomic mass is 16.5. The summed E-state index contributed by atoms with van der Waals surface area (Å²) in [7, 11) is 1.36. The third-order valence-corrected chi connectivity index (χ3v) is 4.99. The number of rotatable bonds is 6. The first-order valence-corrected chi connectivity index (χ1v) is 9.22. The standard InChI is InChI=1S/C20H26N2O4/c1-25-19(23)13-16-14-22(18-7-3-2-6-17(16)18)20(24)26-12-4-5-15-8-10-21-11-9-15/h2-3,6-7,14-15,21H,4-5,8-13H2,1H3. The van der Waals surface area contributed by atoms with Gasteiger partial charge in [-0.25, -0.2) is 4.79 Å². The number of benzene rings is 1. The maximum absolute atomic E-state index is 12.5. The molecule has 1 saturated heterocycles. The van der Waals surface area contributed by atoms with Gasteiger partial charge in [0.25, 0.3) is 0 Å². The largest absolute Gasteiger partial charge is 0.469 e. The van der Waals surface area contributed by atoms with E-state index in [0.29, 0.717) is 6.61 Å². The highest BCUT2D eigenvalue weighted by Crippen LogP contribution is 2.23. The third kappa shape index (κ3) is 4.43. The number of hydrogen-bond donors (Lipinski definition) is 1. The van der Waals surface area contributed by atoms with Crippen LogP contribution < -0.4 is 5.32 Å². The lowest BCUT2D eigenvalue weighted by Gasteiger charge is -2.22. The van der Waals surface area contributed by atoms with Gasteiger partial charge < -0.3 is 14.8 Å². The molecule has 0 aliphatic carbocycles. The molecular weight excluding hydrogens is 332 g/mol. The molecule has 0 saturated carbocycles. The average molecular weight is 358 g/mol. The van der Waals surface area contributed by atoms with Gasteiger partial charge >= 0.3 is 12.1 Å². The molecule has 0 spiro atoms. The summed E-state index contributed by atoms with van der Waals surface area (Å²) in [5, 5.41) is 4.23. The lowest BCUT2D eigenvalue weighted by Crippen LogP contribution is -2.27. The predicted octanol–water partition coefficient (Wildman–Crippen LogP) is 3.12. The molecule has 0 radical (unpaired) electrons. The van der Waals surface area contributed by atoms with E-state index in [2.05, 4.69) is 5.32 Å². The van der Waals surface area contributed by atoms with Crippen LogP contribution in [0.15, 0.2) is 30.5 Å². The fourth-order valence-corrected chi connectivity index (χ4v) is 3.54. The van der Waals surface area contributed by atoms with Crippen molar-refractivity contribution in [2.75, 3.05) is 26.8 Å². The number of piperidine rings is 1.